The monoisotopic (exact) mass is 398 g/mol. The molecule has 8 heteroatoms. The minimum atomic E-state index is -1.05. The van der Waals surface area contributed by atoms with Gasteiger partial charge in [0.1, 0.15) is 5.52 Å². The van der Waals surface area contributed by atoms with Gasteiger partial charge in [0.25, 0.3) is 0 Å². The molecule has 0 unspecified atom stereocenters. The van der Waals surface area contributed by atoms with Crippen molar-refractivity contribution in [3.05, 3.63) is 59.7 Å². The van der Waals surface area contributed by atoms with E-state index in [4.69, 9.17) is 0 Å². The number of Topliss-reactive ketones (excluding diaryl/α,β-unsaturated/α-hetero) is 1. The topological polar surface area (TPSA) is 60.7 Å². The second-order valence-corrected chi connectivity index (χ2v) is 7.59. The summed E-state index contributed by atoms with van der Waals surface area (Å²) in [7, 11) is 0. The summed E-state index contributed by atoms with van der Waals surface area (Å²) in [5, 5.41) is 9.22. The molecule has 2 aromatic carbocycles. The SMILES string of the molecule is CCn1c2ccccc2c2nnc(S[C@H](C)C(=O)c3ccc(F)c(F)c3)nc21. The van der Waals surface area contributed by atoms with Crippen molar-refractivity contribution in [2.75, 3.05) is 0 Å². The van der Waals surface area contributed by atoms with Crippen LogP contribution in [0.1, 0.15) is 24.2 Å². The predicted molar refractivity (Wildman–Crippen MR) is 105 cm³/mol. The van der Waals surface area contributed by atoms with Crippen LogP contribution in [-0.2, 0) is 6.54 Å². The second-order valence-electron chi connectivity index (χ2n) is 6.28. The summed E-state index contributed by atoms with van der Waals surface area (Å²) < 4.78 is 28.6. The first-order valence-electron chi connectivity index (χ1n) is 8.77. The van der Waals surface area contributed by atoms with Crippen LogP contribution in [0.5, 0.6) is 0 Å². The number of aromatic nitrogens is 4. The molecule has 2 aromatic heterocycles. The van der Waals surface area contributed by atoms with Crippen molar-refractivity contribution in [2.45, 2.75) is 30.8 Å². The highest BCUT2D eigenvalue weighted by Crippen LogP contribution is 2.29. The van der Waals surface area contributed by atoms with Gasteiger partial charge in [-0.15, -0.1) is 10.2 Å². The molecular formula is C20H16F2N4OS. The number of carbonyl (C=O) groups is 1. The number of para-hydroxylation sites is 1. The average molecular weight is 398 g/mol. The third-order valence-corrected chi connectivity index (χ3v) is 5.48. The van der Waals surface area contributed by atoms with E-state index in [0.29, 0.717) is 16.3 Å². The number of hydrogen-bond acceptors (Lipinski definition) is 5. The van der Waals surface area contributed by atoms with E-state index >= 15 is 0 Å². The fourth-order valence-corrected chi connectivity index (χ4v) is 3.94. The molecule has 28 heavy (non-hydrogen) atoms. The lowest BCUT2D eigenvalue weighted by Crippen LogP contribution is -2.15. The zero-order valence-corrected chi connectivity index (χ0v) is 16.0. The summed E-state index contributed by atoms with van der Waals surface area (Å²) in [6.45, 7) is 4.42. The van der Waals surface area contributed by atoms with Gasteiger partial charge in [0.15, 0.2) is 23.1 Å². The van der Waals surface area contributed by atoms with Crippen LogP contribution in [0.15, 0.2) is 47.6 Å². The molecule has 142 valence electrons. The number of nitrogens with zero attached hydrogens (tertiary/aromatic N) is 4. The Labute approximate surface area is 163 Å². The van der Waals surface area contributed by atoms with Crippen molar-refractivity contribution in [1.82, 2.24) is 19.7 Å². The van der Waals surface area contributed by atoms with Crippen LogP contribution in [0.3, 0.4) is 0 Å². The van der Waals surface area contributed by atoms with E-state index in [1.54, 1.807) is 6.92 Å². The van der Waals surface area contributed by atoms with Crippen molar-refractivity contribution in [3.63, 3.8) is 0 Å². The Kier molecular flexibility index (Phi) is 4.80. The zero-order chi connectivity index (χ0) is 19.8. The van der Waals surface area contributed by atoms with Gasteiger partial charge in [-0.25, -0.2) is 13.8 Å². The molecule has 1 atom stereocenters. The summed E-state index contributed by atoms with van der Waals surface area (Å²) in [6, 6.07) is 11.0. The van der Waals surface area contributed by atoms with Crippen molar-refractivity contribution in [1.29, 1.82) is 0 Å². The first-order chi connectivity index (χ1) is 13.5. The number of carbonyl (C=O) groups excluding carboxylic acids is 1. The Morgan fingerprint density at radius 1 is 1.14 bits per heavy atom. The lowest BCUT2D eigenvalue weighted by atomic mass is 10.1. The highest BCUT2D eigenvalue weighted by molar-refractivity contribution is 8.00. The number of aryl methyl sites for hydroxylation is 1. The number of hydrogen-bond donors (Lipinski definition) is 0. The molecule has 0 saturated carbocycles. The lowest BCUT2D eigenvalue weighted by molar-refractivity contribution is 0.0993. The highest BCUT2D eigenvalue weighted by Gasteiger charge is 2.21. The molecule has 0 spiro atoms. The zero-order valence-electron chi connectivity index (χ0n) is 15.2. The molecule has 0 fully saturated rings. The van der Waals surface area contributed by atoms with E-state index in [1.807, 2.05) is 35.8 Å². The molecule has 5 nitrogen and oxygen atoms in total. The van der Waals surface area contributed by atoms with Crippen LogP contribution in [-0.4, -0.2) is 30.8 Å². The Morgan fingerprint density at radius 2 is 1.93 bits per heavy atom. The fraction of sp³-hybridized carbons (Fsp3) is 0.200. The summed E-state index contributed by atoms with van der Waals surface area (Å²) in [4.78, 5) is 17.1. The maximum atomic E-state index is 13.4. The molecule has 0 aliphatic rings. The van der Waals surface area contributed by atoms with Gasteiger partial charge in [0, 0.05) is 17.5 Å². The molecule has 4 aromatic rings. The summed E-state index contributed by atoms with van der Waals surface area (Å²) >= 11 is 1.14. The summed E-state index contributed by atoms with van der Waals surface area (Å²) in [5.41, 5.74) is 2.54. The largest absolute Gasteiger partial charge is 0.324 e. The number of ketones is 1. The molecular weight excluding hydrogens is 382 g/mol. The molecule has 0 radical (unpaired) electrons. The summed E-state index contributed by atoms with van der Waals surface area (Å²) in [6.07, 6.45) is 0. The molecule has 0 N–H and O–H groups in total. The average Bonchev–Trinajstić information content (AvgIpc) is 3.02. The number of rotatable bonds is 5. The minimum Gasteiger partial charge on any atom is -0.324 e. The van der Waals surface area contributed by atoms with Gasteiger partial charge in [0.05, 0.1) is 10.8 Å². The van der Waals surface area contributed by atoms with Gasteiger partial charge < -0.3 is 4.57 Å². The number of halogens is 2. The van der Waals surface area contributed by atoms with Crippen LogP contribution in [0.25, 0.3) is 22.1 Å². The quantitative estimate of drug-likeness (QED) is 0.362. The highest BCUT2D eigenvalue weighted by atomic mass is 32.2. The molecule has 0 aliphatic carbocycles. The second kappa shape index (κ2) is 7.27. The maximum absolute atomic E-state index is 13.4. The Morgan fingerprint density at radius 3 is 2.68 bits per heavy atom. The van der Waals surface area contributed by atoms with Gasteiger partial charge in [0.2, 0.25) is 5.16 Å². The van der Waals surface area contributed by atoms with Gasteiger partial charge in [-0.05, 0) is 38.1 Å². The van der Waals surface area contributed by atoms with Crippen LogP contribution >= 0.6 is 11.8 Å². The van der Waals surface area contributed by atoms with E-state index in [1.165, 1.54) is 6.07 Å². The molecule has 0 saturated heterocycles. The number of fused-ring (bicyclic) bond motifs is 3. The maximum Gasteiger partial charge on any atom is 0.211 e. The molecule has 0 amide bonds. The van der Waals surface area contributed by atoms with Crippen molar-refractivity contribution in [2.24, 2.45) is 0 Å². The van der Waals surface area contributed by atoms with Crippen molar-refractivity contribution >= 4 is 39.6 Å². The first kappa shape index (κ1) is 18.5. The summed E-state index contributed by atoms with van der Waals surface area (Å²) in [5.74, 6) is -2.36. The van der Waals surface area contributed by atoms with Gasteiger partial charge in [-0.1, -0.05) is 30.0 Å². The Bertz CT molecular complexity index is 1210. The standard InChI is InChI=1S/C20H16F2N4OS/c1-3-26-16-7-5-4-6-13(16)17-19(26)23-20(25-24-17)28-11(2)18(27)12-8-9-14(21)15(22)10-12/h4-11H,3H2,1-2H3/t11-/m1/s1. The first-order valence-corrected chi connectivity index (χ1v) is 9.65. The smallest absolute Gasteiger partial charge is 0.211 e. The molecule has 0 bridgehead atoms. The Balaban J connectivity index is 1.66. The number of benzene rings is 2. The van der Waals surface area contributed by atoms with Crippen LogP contribution in [0, 0.1) is 11.6 Å². The third kappa shape index (κ3) is 3.13. The van der Waals surface area contributed by atoms with Gasteiger partial charge >= 0.3 is 0 Å². The molecule has 2 heterocycles. The van der Waals surface area contributed by atoms with E-state index in [0.717, 1.165) is 41.3 Å². The number of thioether (sulfide) groups is 1. The lowest BCUT2D eigenvalue weighted by Gasteiger charge is -2.09. The van der Waals surface area contributed by atoms with E-state index in [9.17, 15) is 13.6 Å². The van der Waals surface area contributed by atoms with E-state index in [-0.39, 0.29) is 11.3 Å². The minimum absolute atomic E-state index is 0.107. The molecule has 0 aliphatic heterocycles. The van der Waals surface area contributed by atoms with Gasteiger partial charge in [-0.2, -0.15) is 0 Å². The molecule has 4 rings (SSSR count). The van der Waals surface area contributed by atoms with Crippen LogP contribution in [0.2, 0.25) is 0 Å². The van der Waals surface area contributed by atoms with E-state index in [2.05, 4.69) is 15.2 Å². The van der Waals surface area contributed by atoms with Crippen molar-refractivity contribution in [3.8, 4) is 0 Å². The predicted octanol–water partition coefficient (Wildman–Crippen LogP) is 4.64. The normalized spacial score (nSPS) is 12.6. The fourth-order valence-electron chi connectivity index (χ4n) is 3.16. The van der Waals surface area contributed by atoms with Gasteiger partial charge in [-0.3, -0.25) is 4.79 Å². The van der Waals surface area contributed by atoms with Crippen molar-refractivity contribution < 1.29 is 13.6 Å². The van der Waals surface area contributed by atoms with Crippen LogP contribution < -0.4 is 0 Å². The third-order valence-electron chi connectivity index (χ3n) is 4.53. The van der Waals surface area contributed by atoms with Crippen LogP contribution in [0.4, 0.5) is 8.78 Å². The Hall–Kier alpha value is -2.87. The van der Waals surface area contributed by atoms with E-state index < -0.39 is 16.9 Å².